The molecule has 47 heavy (non-hydrogen) atoms. The number of rotatable bonds is 9. The summed E-state index contributed by atoms with van der Waals surface area (Å²) in [7, 11) is 1.65. The summed E-state index contributed by atoms with van der Waals surface area (Å²) in [5, 5.41) is 11.5. The molecular formula is C38H42FN5O3. The number of carbonyl (C=O) groups excluding carboxylic acids is 3. The van der Waals surface area contributed by atoms with Gasteiger partial charge >= 0.3 is 0 Å². The van der Waals surface area contributed by atoms with E-state index in [1.807, 2.05) is 42.2 Å². The number of carbonyl (C=O) groups is 3. The van der Waals surface area contributed by atoms with Crippen LogP contribution in [0.4, 0.5) is 4.39 Å². The number of likely N-dealkylation sites (N-methyl/N-ethyl adjacent to an activating group) is 1. The molecule has 4 unspecified atom stereocenters. The van der Waals surface area contributed by atoms with Crippen molar-refractivity contribution >= 4 is 28.5 Å². The summed E-state index contributed by atoms with van der Waals surface area (Å²) in [5.74, 6) is -0.837. The number of piperazine rings is 1. The molecular weight excluding hydrogens is 593 g/mol. The van der Waals surface area contributed by atoms with Crippen LogP contribution in [0.1, 0.15) is 29.2 Å². The Morgan fingerprint density at radius 3 is 2.32 bits per heavy atom. The first-order chi connectivity index (χ1) is 22.8. The Morgan fingerprint density at radius 1 is 0.872 bits per heavy atom. The molecule has 2 aliphatic rings. The van der Waals surface area contributed by atoms with E-state index in [0.29, 0.717) is 39.0 Å². The monoisotopic (exact) mass is 635 g/mol. The van der Waals surface area contributed by atoms with Gasteiger partial charge in [0.15, 0.2) is 0 Å². The number of fused-ring (bicyclic) bond motifs is 2. The van der Waals surface area contributed by atoms with Gasteiger partial charge in [0.25, 0.3) is 0 Å². The largest absolute Gasteiger partial charge is 0.358 e. The molecule has 9 heteroatoms. The molecule has 0 aliphatic carbocycles. The van der Waals surface area contributed by atoms with Crippen LogP contribution in [-0.2, 0) is 40.2 Å². The Kier molecular flexibility index (Phi) is 9.94. The zero-order valence-electron chi connectivity index (χ0n) is 26.9. The van der Waals surface area contributed by atoms with Crippen LogP contribution in [0.25, 0.3) is 10.8 Å². The highest BCUT2D eigenvalue weighted by molar-refractivity contribution is 5.90. The fraction of sp³-hybridized carbons (Fsp3) is 0.342. The highest BCUT2D eigenvalue weighted by atomic mass is 19.1. The second-order valence-electron chi connectivity index (χ2n) is 12.7. The van der Waals surface area contributed by atoms with E-state index in [0.717, 1.165) is 33.0 Å². The van der Waals surface area contributed by atoms with Crippen LogP contribution >= 0.6 is 0 Å². The predicted octanol–water partition coefficient (Wildman–Crippen LogP) is 3.61. The Hall–Kier alpha value is -4.60. The van der Waals surface area contributed by atoms with E-state index in [2.05, 4.69) is 57.2 Å². The fourth-order valence-electron chi connectivity index (χ4n) is 6.91. The van der Waals surface area contributed by atoms with Crippen molar-refractivity contribution in [1.82, 2.24) is 25.8 Å². The third-order valence-corrected chi connectivity index (χ3v) is 9.54. The van der Waals surface area contributed by atoms with Crippen molar-refractivity contribution in [3.63, 3.8) is 0 Å². The summed E-state index contributed by atoms with van der Waals surface area (Å²) in [4.78, 5) is 44.9. The normalized spacial score (nSPS) is 19.4. The highest BCUT2D eigenvalue weighted by Crippen LogP contribution is 2.22. The summed E-state index contributed by atoms with van der Waals surface area (Å²) in [6.45, 7) is 4.00. The van der Waals surface area contributed by atoms with Crippen molar-refractivity contribution in [3.05, 3.63) is 119 Å². The number of hydrogen-bond donors (Lipinski definition) is 3. The molecule has 6 rings (SSSR count). The van der Waals surface area contributed by atoms with E-state index in [1.54, 1.807) is 19.2 Å². The minimum atomic E-state index is -0.826. The van der Waals surface area contributed by atoms with Crippen molar-refractivity contribution < 1.29 is 18.8 Å². The zero-order chi connectivity index (χ0) is 32.9. The molecule has 3 N–H and O–H groups in total. The number of nitrogens with one attached hydrogen (secondary N) is 3. The number of nitrogens with zero attached hydrogens (tertiary/aromatic N) is 2. The topological polar surface area (TPSA) is 93.8 Å². The number of amides is 3. The molecule has 4 aromatic rings. The van der Waals surface area contributed by atoms with Gasteiger partial charge in [-0.3, -0.25) is 19.3 Å². The lowest BCUT2D eigenvalue weighted by Crippen LogP contribution is -2.63. The van der Waals surface area contributed by atoms with Gasteiger partial charge in [-0.15, -0.1) is 0 Å². The average molecular weight is 636 g/mol. The van der Waals surface area contributed by atoms with Gasteiger partial charge in [0, 0.05) is 45.7 Å². The van der Waals surface area contributed by atoms with Crippen molar-refractivity contribution in [3.8, 4) is 0 Å². The van der Waals surface area contributed by atoms with E-state index >= 15 is 0 Å². The van der Waals surface area contributed by atoms with Crippen molar-refractivity contribution in [1.29, 1.82) is 0 Å². The number of benzene rings is 4. The Labute approximate surface area is 275 Å². The molecule has 2 heterocycles. The van der Waals surface area contributed by atoms with E-state index in [4.69, 9.17) is 0 Å². The molecule has 4 aromatic carbocycles. The van der Waals surface area contributed by atoms with Crippen LogP contribution in [0.15, 0.2) is 91.0 Å². The van der Waals surface area contributed by atoms with Crippen LogP contribution in [-0.4, -0.2) is 78.4 Å². The zero-order valence-corrected chi connectivity index (χ0v) is 26.9. The predicted molar refractivity (Wildman–Crippen MR) is 181 cm³/mol. The Bertz CT molecular complexity index is 1750. The van der Waals surface area contributed by atoms with E-state index in [9.17, 15) is 18.8 Å². The summed E-state index contributed by atoms with van der Waals surface area (Å²) in [5.41, 5.74) is 4.11. The van der Waals surface area contributed by atoms with Crippen molar-refractivity contribution in [2.45, 2.75) is 56.9 Å². The van der Waals surface area contributed by atoms with E-state index in [1.165, 1.54) is 12.1 Å². The Balaban J connectivity index is 1.16. The highest BCUT2D eigenvalue weighted by Gasteiger charge is 2.37. The molecule has 2 aliphatic heterocycles. The smallest absolute Gasteiger partial charge is 0.245 e. The van der Waals surface area contributed by atoms with Crippen LogP contribution in [0.2, 0.25) is 0 Å². The number of halogens is 1. The molecule has 1 fully saturated rings. The third kappa shape index (κ3) is 7.53. The fourth-order valence-corrected chi connectivity index (χ4v) is 6.91. The Morgan fingerprint density at radius 2 is 1.57 bits per heavy atom. The summed E-state index contributed by atoms with van der Waals surface area (Å²) in [6, 6.07) is 26.7. The SMILES string of the molecule is CNC(=O)C(Cc1ccc2ccccc2c1)N1CCN(C(=O)C(Cc2ccc(F)cc2)NC(=O)C2Cc3ccccc3CN2)C(C)C1. The van der Waals surface area contributed by atoms with Gasteiger partial charge in [-0.1, -0.05) is 78.9 Å². The van der Waals surface area contributed by atoms with E-state index < -0.39 is 18.1 Å². The first-order valence-electron chi connectivity index (χ1n) is 16.4. The lowest BCUT2D eigenvalue weighted by atomic mass is 9.95. The lowest BCUT2D eigenvalue weighted by molar-refractivity contribution is -0.142. The summed E-state index contributed by atoms with van der Waals surface area (Å²) < 4.78 is 13.7. The van der Waals surface area contributed by atoms with Gasteiger partial charge in [-0.25, -0.2) is 4.39 Å². The first-order valence-corrected chi connectivity index (χ1v) is 16.4. The minimum absolute atomic E-state index is 0.0619. The van der Waals surface area contributed by atoms with E-state index in [-0.39, 0.29) is 36.0 Å². The standard InChI is InChI=1S/C38H42FN5O3/c1-25-24-43(35(37(46)40-2)21-27-11-14-28-7-3-4-8-29(28)19-27)17-18-44(25)38(47)34(20-26-12-15-32(39)16-13-26)42-36(45)33-22-30-9-5-6-10-31(30)23-41-33/h3-16,19,25,33-35,41H,17-18,20-24H2,1-2H3,(H,40,46)(H,42,45). The quantitative estimate of drug-likeness (QED) is 0.262. The molecule has 3 amide bonds. The minimum Gasteiger partial charge on any atom is -0.358 e. The molecule has 244 valence electrons. The first kappa shape index (κ1) is 32.3. The van der Waals surface area contributed by atoms with Gasteiger partial charge in [0.2, 0.25) is 17.7 Å². The molecule has 0 saturated carbocycles. The third-order valence-electron chi connectivity index (χ3n) is 9.54. The molecule has 0 aromatic heterocycles. The maximum absolute atomic E-state index is 14.2. The van der Waals surface area contributed by atoms with Gasteiger partial charge in [-0.05, 0) is 64.9 Å². The van der Waals surface area contributed by atoms with Crippen LogP contribution in [0.5, 0.6) is 0 Å². The molecule has 0 spiro atoms. The molecule has 0 radical (unpaired) electrons. The summed E-state index contributed by atoms with van der Waals surface area (Å²) in [6.07, 6.45) is 1.32. The van der Waals surface area contributed by atoms with Crippen molar-refractivity contribution in [2.75, 3.05) is 26.7 Å². The van der Waals surface area contributed by atoms with Gasteiger partial charge < -0.3 is 20.9 Å². The van der Waals surface area contributed by atoms with Gasteiger partial charge in [0.1, 0.15) is 11.9 Å². The van der Waals surface area contributed by atoms with Crippen molar-refractivity contribution in [2.24, 2.45) is 0 Å². The molecule has 8 nitrogen and oxygen atoms in total. The maximum Gasteiger partial charge on any atom is 0.245 e. The molecule has 1 saturated heterocycles. The van der Waals surface area contributed by atoms with Gasteiger partial charge in [-0.2, -0.15) is 0 Å². The van der Waals surface area contributed by atoms with Crippen LogP contribution in [0.3, 0.4) is 0 Å². The molecule has 0 bridgehead atoms. The second-order valence-corrected chi connectivity index (χ2v) is 12.7. The van der Waals surface area contributed by atoms with Gasteiger partial charge in [0.05, 0.1) is 12.1 Å². The number of hydrogen-bond acceptors (Lipinski definition) is 5. The molecule has 4 atom stereocenters. The van der Waals surface area contributed by atoms with Crippen LogP contribution < -0.4 is 16.0 Å². The van der Waals surface area contributed by atoms with Crippen LogP contribution in [0, 0.1) is 5.82 Å². The second kappa shape index (κ2) is 14.4. The average Bonchev–Trinajstić information content (AvgIpc) is 3.10. The maximum atomic E-state index is 14.2. The lowest BCUT2D eigenvalue weighted by Gasteiger charge is -2.44. The summed E-state index contributed by atoms with van der Waals surface area (Å²) >= 11 is 0.